The molecule has 1 heterocycles. The van der Waals surface area contributed by atoms with Crippen LogP contribution in [0, 0.1) is 0 Å². The van der Waals surface area contributed by atoms with Crippen molar-refractivity contribution in [1.82, 2.24) is 0 Å². The molecule has 170 valence electrons. The van der Waals surface area contributed by atoms with Crippen molar-refractivity contribution in [2.45, 2.75) is 31.0 Å². The smallest absolute Gasteiger partial charge is 0.202 e. The van der Waals surface area contributed by atoms with Gasteiger partial charge < -0.3 is 44.1 Å². The van der Waals surface area contributed by atoms with Gasteiger partial charge in [-0.25, -0.2) is 0 Å². The van der Waals surface area contributed by atoms with E-state index in [-0.39, 0.29) is 12.2 Å². The van der Waals surface area contributed by atoms with Gasteiger partial charge in [-0.1, -0.05) is 0 Å². The highest BCUT2D eigenvalue weighted by molar-refractivity contribution is 5.31. The average Bonchev–Trinajstić information content (AvgIpc) is 2.78. The Kier molecular flexibility index (Phi) is 8.74. The Hall–Kier alpha value is -2.56. The monoisotopic (exact) mass is 436 g/mol. The third-order valence-electron chi connectivity index (χ3n) is 4.64. The Morgan fingerprint density at radius 1 is 0.806 bits per heavy atom. The summed E-state index contributed by atoms with van der Waals surface area (Å²) in [6.07, 6.45) is -3.71. The van der Waals surface area contributed by atoms with Crippen LogP contribution in [0.4, 0.5) is 0 Å². The molecule has 9 heteroatoms. The summed E-state index contributed by atoms with van der Waals surface area (Å²) in [5.41, 5.74) is 0. The van der Waals surface area contributed by atoms with Gasteiger partial charge >= 0.3 is 0 Å². The normalized spacial score (nSPS) is 23.3. The molecule has 1 saturated heterocycles. The largest absolute Gasteiger partial charge is 0.508 e. The third kappa shape index (κ3) is 7.27. The van der Waals surface area contributed by atoms with Crippen LogP contribution in [0.1, 0.15) is 6.42 Å². The summed E-state index contributed by atoms with van der Waals surface area (Å²) in [6, 6.07) is 13.4. The van der Waals surface area contributed by atoms with Crippen LogP contribution >= 0.6 is 0 Å². The lowest BCUT2D eigenvalue weighted by atomic mass is 10.0. The maximum atomic E-state index is 9.84. The van der Waals surface area contributed by atoms with Crippen LogP contribution < -0.4 is 14.2 Å². The number of ether oxygens (including phenoxy) is 5. The lowest BCUT2D eigenvalue weighted by molar-refractivity contribution is -0.229. The summed E-state index contributed by atoms with van der Waals surface area (Å²) in [5.74, 6) is 2.01. The van der Waals surface area contributed by atoms with E-state index >= 15 is 0 Å². The first-order chi connectivity index (χ1) is 15.0. The minimum Gasteiger partial charge on any atom is -0.508 e. The molecule has 0 amide bonds. The van der Waals surface area contributed by atoms with Crippen LogP contribution in [0.25, 0.3) is 0 Å². The number of benzene rings is 2. The van der Waals surface area contributed by atoms with E-state index in [0.717, 1.165) is 0 Å². The molecule has 31 heavy (non-hydrogen) atoms. The first kappa shape index (κ1) is 23.1. The molecule has 0 spiro atoms. The molecule has 9 nitrogen and oxygen atoms in total. The molecule has 0 saturated carbocycles. The summed E-state index contributed by atoms with van der Waals surface area (Å²) in [6.45, 7) is 1.16. The first-order valence-electron chi connectivity index (χ1n) is 10.1. The molecule has 2 aromatic rings. The first-order valence-corrected chi connectivity index (χ1v) is 10.1. The summed E-state index contributed by atoms with van der Waals surface area (Å²) in [5, 5.41) is 38.0. The molecule has 1 aliphatic rings. The number of phenols is 1. The molecule has 0 unspecified atom stereocenters. The predicted octanol–water partition coefficient (Wildman–Crippen LogP) is 1.07. The molecule has 2 aromatic carbocycles. The van der Waals surface area contributed by atoms with Crippen LogP contribution in [0.2, 0.25) is 0 Å². The fourth-order valence-electron chi connectivity index (χ4n) is 2.99. The Balaban J connectivity index is 1.30. The minimum absolute atomic E-state index is 0.101. The van der Waals surface area contributed by atoms with Gasteiger partial charge in [-0.05, 0) is 48.5 Å². The van der Waals surface area contributed by atoms with Crippen LogP contribution in [0.5, 0.6) is 23.0 Å². The molecule has 0 bridgehead atoms. The van der Waals surface area contributed by atoms with Crippen molar-refractivity contribution in [2.75, 3.05) is 33.0 Å². The van der Waals surface area contributed by atoms with E-state index in [1.54, 1.807) is 48.5 Å². The predicted molar refractivity (Wildman–Crippen MR) is 109 cm³/mol. The van der Waals surface area contributed by atoms with Gasteiger partial charge in [0, 0.05) is 6.42 Å². The number of aromatic hydroxyl groups is 1. The van der Waals surface area contributed by atoms with Crippen molar-refractivity contribution in [1.29, 1.82) is 0 Å². The Labute approximate surface area is 180 Å². The van der Waals surface area contributed by atoms with Crippen LogP contribution in [0.3, 0.4) is 0 Å². The van der Waals surface area contributed by atoms with Crippen molar-refractivity contribution >= 4 is 0 Å². The number of aliphatic hydroxyl groups excluding tert-OH is 3. The summed E-state index contributed by atoms with van der Waals surface area (Å²) >= 11 is 0. The summed E-state index contributed by atoms with van der Waals surface area (Å²) < 4.78 is 27.7. The molecular weight excluding hydrogens is 408 g/mol. The highest BCUT2D eigenvalue weighted by Crippen LogP contribution is 2.25. The molecule has 0 radical (unpaired) electrons. The van der Waals surface area contributed by atoms with Gasteiger partial charge in [-0.15, -0.1) is 0 Å². The van der Waals surface area contributed by atoms with Crippen LogP contribution in [-0.4, -0.2) is 78.1 Å². The average molecular weight is 436 g/mol. The number of aliphatic hydroxyl groups is 3. The molecule has 4 atom stereocenters. The van der Waals surface area contributed by atoms with Gasteiger partial charge in [-0.3, -0.25) is 0 Å². The number of hydrogen-bond acceptors (Lipinski definition) is 9. The summed E-state index contributed by atoms with van der Waals surface area (Å²) in [7, 11) is 0. The van der Waals surface area contributed by atoms with Gasteiger partial charge in [0.05, 0.1) is 25.9 Å². The zero-order valence-electron chi connectivity index (χ0n) is 17.0. The van der Waals surface area contributed by atoms with Gasteiger partial charge in [0.1, 0.15) is 48.4 Å². The summed E-state index contributed by atoms with van der Waals surface area (Å²) in [4.78, 5) is 0. The quantitative estimate of drug-likeness (QED) is 0.383. The molecule has 3 rings (SSSR count). The van der Waals surface area contributed by atoms with Crippen molar-refractivity contribution in [3.63, 3.8) is 0 Å². The van der Waals surface area contributed by atoms with Gasteiger partial charge in [0.25, 0.3) is 0 Å². The lowest BCUT2D eigenvalue weighted by Gasteiger charge is -2.36. The van der Waals surface area contributed by atoms with Crippen molar-refractivity contribution in [3.8, 4) is 23.0 Å². The maximum Gasteiger partial charge on any atom is 0.202 e. The van der Waals surface area contributed by atoms with Crippen molar-refractivity contribution < 1.29 is 44.1 Å². The van der Waals surface area contributed by atoms with E-state index in [1.165, 1.54) is 0 Å². The fraction of sp³-hybridized carbons (Fsp3) is 0.455. The van der Waals surface area contributed by atoms with Crippen molar-refractivity contribution in [2.24, 2.45) is 0 Å². The van der Waals surface area contributed by atoms with E-state index in [0.29, 0.717) is 43.7 Å². The van der Waals surface area contributed by atoms with E-state index in [4.69, 9.17) is 23.7 Å². The molecule has 1 fully saturated rings. The second kappa shape index (κ2) is 11.7. The molecule has 1 aliphatic heterocycles. The topological polar surface area (TPSA) is 127 Å². The fourth-order valence-corrected chi connectivity index (χ4v) is 2.99. The molecule has 0 aliphatic carbocycles. The van der Waals surface area contributed by atoms with Gasteiger partial charge in [-0.2, -0.15) is 0 Å². The molecule has 0 aromatic heterocycles. The van der Waals surface area contributed by atoms with Crippen LogP contribution in [-0.2, 0) is 9.47 Å². The Morgan fingerprint density at radius 3 is 1.94 bits per heavy atom. The number of hydrogen-bond donors (Lipinski definition) is 4. The SMILES string of the molecule is OC[C@H]1O[C@@H](Oc2ccc(OCCOCCOc3ccc(O)cc3)cc2)C[C@@H](O)[C@H]1O. The second-order valence-electron chi connectivity index (χ2n) is 6.97. The zero-order chi connectivity index (χ0) is 22.1. The Morgan fingerprint density at radius 2 is 1.35 bits per heavy atom. The number of phenolic OH excluding ortho intramolecular Hbond substituents is 1. The molecular formula is C22H28O9. The van der Waals surface area contributed by atoms with E-state index in [9.17, 15) is 20.4 Å². The van der Waals surface area contributed by atoms with Crippen molar-refractivity contribution in [3.05, 3.63) is 48.5 Å². The molecule has 4 N–H and O–H groups in total. The highest BCUT2D eigenvalue weighted by atomic mass is 16.7. The standard InChI is InChI=1S/C22H28O9/c23-14-20-22(26)19(25)13-21(31-20)30-18-7-5-17(6-8-18)29-12-10-27-9-11-28-16-3-1-15(24)2-4-16/h1-8,19-26H,9-14H2/t19-,20-,21-,22-/m1/s1. The second-order valence-corrected chi connectivity index (χ2v) is 6.97. The highest BCUT2D eigenvalue weighted by Gasteiger charge is 2.37. The third-order valence-corrected chi connectivity index (χ3v) is 4.64. The maximum absolute atomic E-state index is 9.84. The van der Waals surface area contributed by atoms with E-state index in [1.807, 2.05) is 0 Å². The van der Waals surface area contributed by atoms with E-state index < -0.39 is 31.2 Å². The van der Waals surface area contributed by atoms with Crippen LogP contribution in [0.15, 0.2) is 48.5 Å². The van der Waals surface area contributed by atoms with Gasteiger partial charge in [0.2, 0.25) is 6.29 Å². The van der Waals surface area contributed by atoms with Gasteiger partial charge in [0.15, 0.2) is 0 Å². The Bertz CT molecular complexity index is 766. The lowest BCUT2D eigenvalue weighted by Crippen LogP contribution is -2.51. The van der Waals surface area contributed by atoms with E-state index in [2.05, 4.69) is 0 Å². The zero-order valence-corrected chi connectivity index (χ0v) is 17.0. The number of rotatable bonds is 11. The minimum atomic E-state index is -1.14.